The van der Waals surface area contributed by atoms with Gasteiger partial charge in [-0.1, -0.05) is 0 Å². The predicted molar refractivity (Wildman–Crippen MR) is 69.9 cm³/mol. The van der Waals surface area contributed by atoms with Crippen molar-refractivity contribution in [3.63, 3.8) is 0 Å². The van der Waals surface area contributed by atoms with Gasteiger partial charge in [-0.15, -0.1) is 0 Å². The Kier molecular flexibility index (Phi) is 4.10. The highest BCUT2D eigenvalue weighted by Gasteiger charge is 2.48. The average Bonchev–Trinajstić information content (AvgIpc) is 3.15. The molecule has 1 aliphatic heterocycles. The standard InChI is InChI=1S/C14H25NO4/c1-17-7-6-15(11-2-3-11)12-10-14(5-4-13(12)16)18-8-9-19-14/h11-13,16H,2-10H2,1H3. The molecule has 3 aliphatic rings. The third-order valence-corrected chi connectivity index (χ3v) is 4.59. The molecule has 3 rings (SSSR count). The molecule has 0 radical (unpaired) electrons. The van der Waals surface area contributed by atoms with Crippen molar-refractivity contribution in [2.24, 2.45) is 0 Å². The first-order valence-corrected chi connectivity index (χ1v) is 7.45. The Hall–Kier alpha value is -0.200. The van der Waals surface area contributed by atoms with Gasteiger partial charge in [-0.2, -0.15) is 0 Å². The number of ether oxygens (including phenoxy) is 3. The van der Waals surface area contributed by atoms with Crippen LogP contribution < -0.4 is 0 Å². The van der Waals surface area contributed by atoms with Crippen molar-refractivity contribution in [3.8, 4) is 0 Å². The Labute approximate surface area is 114 Å². The van der Waals surface area contributed by atoms with Crippen molar-refractivity contribution < 1.29 is 19.3 Å². The van der Waals surface area contributed by atoms with E-state index in [4.69, 9.17) is 14.2 Å². The SMILES string of the molecule is COCCN(C1CC1)C1CC2(CCC1O)OCCO2. The van der Waals surface area contributed by atoms with E-state index in [2.05, 4.69) is 4.90 Å². The Morgan fingerprint density at radius 2 is 2.00 bits per heavy atom. The third kappa shape index (κ3) is 2.95. The van der Waals surface area contributed by atoms with Gasteiger partial charge in [-0.3, -0.25) is 4.90 Å². The van der Waals surface area contributed by atoms with Crippen LogP contribution in [0.3, 0.4) is 0 Å². The lowest BCUT2D eigenvalue weighted by molar-refractivity contribution is -0.206. The van der Waals surface area contributed by atoms with Crippen LogP contribution in [0.15, 0.2) is 0 Å². The third-order valence-electron chi connectivity index (χ3n) is 4.59. The molecule has 5 nitrogen and oxygen atoms in total. The molecule has 0 aromatic rings. The molecular weight excluding hydrogens is 246 g/mol. The summed E-state index contributed by atoms with van der Waals surface area (Å²) in [5.74, 6) is -0.426. The van der Waals surface area contributed by atoms with E-state index >= 15 is 0 Å². The first-order valence-electron chi connectivity index (χ1n) is 7.45. The molecule has 5 heteroatoms. The first-order chi connectivity index (χ1) is 9.24. The summed E-state index contributed by atoms with van der Waals surface area (Å²) >= 11 is 0. The van der Waals surface area contributed by atoms with Crippen molar-refractivity contribution in [3.05, 3.63) is 0 Å². The van der Waals surface area contributed by atoms with Crippen LogP contribution in [0.2, 0.25) is 0 Å². The van der Waals surface area contributed by atoms with Gasteiger partial charge in [0.05, 0.1) is 25.9 Å². The van der Waals surface area contributed by atoms with Gasteiger partial charge in [-0.05, 0) is 19.3 Å². The monoisotopic (exact) mass is 271 g/mol. The maximum absolute atomic E-state index is 10.4. The van der Waals surface area contributed by atoms with Crippen LogP contribution in [0, 0.1) is 0 Å². The summed E-state index contributed by atoms with van der Waals surface area (Å²) < 4.78 is 16.9. The van der Waals surface area contributed by atoms with E-state index in [9.17, 15) is 5.11 Å². The summed E-state index contributed by atoms with van der Waals surface area (Å²) in [6.45, 7) is 2.97. The molecule has 110 valence electrons. The number of aliphatic hydroxyl groups excluding tert-OH is 1. The van der Waals surface area contributed by atoms with Gasteiger partial charge in [-0.25, -0.2) is 0 Å². The number of nitrogens with zero attached hydrogens (tertiary/aromatic N) is 1. The van der Waals surface area contributed by atoms with Crippen molar-refractivity contribution >= 4 is 0 Å². The summed E-state index contributed by atoms with van der Waals surface area (Å²) in [6, 6.07) is 0.765. The molecule has 1 heterocycles. The lowest BCUT2D eigenvalue weighted by Gasteiger charge is -2.44. The number of aliphatic hydroxyl groups is 1. The summed E-state index contributed by atoms with van der Waals surface area (Å²) in [7, 11) is 1.73. The van der Waals surface area contributed by atoms with Gasteiger partial charge in [0.1, 0.15) is 0 Å². The summed E-state index contributed by atoms with van der Waals surface area (Å²) in [5, 5.41) is 10.4. The van der Waals surface area contributed by atoms with E-state index in [0.29, 0.717) is 25.9 Å². The molecule has 1 saturated heterocycles. The second-order valence-corrected chi connectivity index (χ2v) is 5.95. The fourth-order valence-electron chi connectivity index (χ4n) is 3.44. The van der Waals surface area contributed by atoms with Crippen LogP contribution in [0.25, 0.3) is 0 Å². The highest BCUT2D eigenvalue weighted by Crippen LogP contribution is 2.40. The first kappa shape index (κ1) is 13.8. The molecule has 0 aromatic carbocycles. The maximum Gasteiger partial charge on any atom is 0.170 e. The highest BCUT2D eigenvalue weighted by atomic mass is 16.7. The molecule has 2 aliphatic carbocycles. The van der Waals surface area contributed by atoms with Crippen molar-refractivity contribution in [2.45, 2.75) is 56.1 Å². The Balaban J connectivity index is 1.68. The summed E-state index contributed by atoms with van der Waals surface area (Å²) in [4.78, 5) is 2.42. The van der Waals surface area contributed by atoms with E-state index in [1.54, 1.807) is 7.11 Å². The average molecular weight is 271 g/mol. The molecule has 0 aromatic heterocycles. The van der Waals surface area contributed by atoms with Crippen molar-refractivity contribution in [1.82, 2.24) is 4.90 Å². The highest BCUT2D eigenvalue weighted by molar-refractivity contribution is 4.98. The number of hydrogen-bond donors (Lipinski definition) is 1. The summed E-state index contributed by atoms with van der Waals surface area (Å²) in [6.07, 6.45) is 4.57. The van der Waals surface area contributed by atoms with Crippen LogP contribution in [0.1, 0.15) is 32.1 Å². The quantitative estimate of drug-likeness (QED) is 0.800. The number of hydrogen-bond acceptors (Lipinski definition) is 5. The summed E-state index contributed by atoms with van der Waals surface area (Å²) in [5.41, 5.74) is 0. The second-order valence-electron chi connectivity index (χ2n) is 5.95. The van der Waals surface area contributed by atoms with E-state index < -0.39 is 5.79 Å². The van der Waals surface area contributed by atoms with Gasteiger partial charge in [0.25, 0.3) is 0 Å². The van der Waals surface area contributed by atoms with Gasteiger partial charge >= 0.3 is 0 Å². The van der Waals surface area contributed by atoms with Gasteiger partial charge < -0.3 is 19.3 Å². The fraction of sp³-hybridized carbons (Fsp3) is 1.00. The molecule has 2 atom stereocenters. The fourth-order valence-corrected chi connectivity index (χ4v) is 3.44. The minimum absolute atomic E-state index is 0.148. The topological polar surface area (TPSA) is 51.2 Å². The van der Waals surface area contributed by atoms with Gasteiger partial charge in [0.15, 0.2) is 5.79 Å². The zero-order chi connectivity index (χ0) is 13.3. The zero-order valence-corrected chi connectivity index (χ0v) is 11.7. The van der Waals surface area contributed by atoms with Crippen LogP contribution >= 0.6 is 0 Å². The molecule has 0 amide bonds. The van der Waals surface area contributed by atoms with Crippen molar-refractivity contribution in [2.75, 3.05) is 33.5 Å². The van der Waals surface area contributed by atoms with Crippen LogP contribution in [0.5, 0.6) is 0 Å². The lowest BCUT2D eigenvalue weighted by atomic mass is 9.86. The largest absolute Gasteiger partial charge is 0.391 e. The molecule has 2 unspecified atom stereocenters. The van der Waals surface area contributed by atoms with Crippen LogP contribution in [-0.2, 0) is 14.2 Å². The van der Waals surface area contributed by atoms with E-state index in [1.807, 2.05) is 0 Å². The van der Waals surface area contributed by atoms with E-state index in [1.165, 1.54) is 12.8 Å². The lowest BCUT2D eigenvalue weighted by Crippen LogP contribution is -2.54. The minimum atomic E-state index is -0.426. The molecule has 2 saturated carbocycles. The normalized spacial score (nSPS) is 34.3. The number of rotatable bonds is 5. The van der Waals surface area contributed by atoms with E-state index in [0.717, 1.165) is 25.8 Å². The Morgan fingerprint density at radius 1 is 1.26 bits per heavy atom. The Morgan fingerprint density at radius 3 is 2.63 bits per heavy atom. The number of methoxy groups -OCH3 is 1. The van der Waals surface area contributed by atoms with Crippen LogP contribution in [0.4, 0.5) is 0 Å². The molecule has 0 bridgehead atoms. The Bertz CT molecular complexity index is 302. The second kappa shape index (κ2) is 5.66. The maximum atomic E-state index is 10.4. The van der Waals surface area contributed by atoms with Crippen LogP contribution in [-0.4, -0.2) is 67.5 Å². The molecular formula is C14H25NO4. The molecule has 19 heavy (non-hydrogen) atoms. The zero-order valence-electron chi connectivity index (χ0n) is 11.7. The van der Waals surface area contributed by atoms with Gasteiger partial charge in [0, 0.05) is 38.6 Å². The predicted octanol–water partition coefficient (Wildman–Crippen LogP) is 0.754. The minimum Gasteiger partial charge on any atom is -0.391 e. The molecule has 1 spiro atoms. The van der Waals surface area contributed by atoms with Crippen molar-refractivity contribution in [1.29, 1.82) is 0 Å². The molecule has 1 N–H and O–H groups in total. The smallest absolute Gasteiger partial charge is 0.170 e. The van der Waals surface area contributed by atoms with Gasteiger partial charge in [0.2, 0.25) is 0 Å². The van der Waals surface area contributed by atoms with E-state index in [-0.39, 0.29) is 12.1 Å². The molecule has 3 fully saturated rings.